The van der Waals surface area contributed by atoms with Gasteiger partial charge in [-0.1, -0.05) is 43.0 Å². The summed E-state index contributed by atoms with van der Waals surface area (Å²) in [4.78, 5) is 4.00. The van der Waals surface area contributed by atoms with Crippen LogP contribution in [-0.2, 0) is 0 Å². The van der Waals surface area contributed by atoms with Crippen molar-refractivity contribution in [3.05, 3.63) is 21.9 Å². The molecular formula is C11H16Cl2N2. The van der Waals surface area contributed by atoms with E-state index in [0.29, 0.717) is 10.3 Å². The first kappa shape index (κ1) is 12.6. The van der Waals surface area contributed by atoms with Gasteiger partial charge in [-0.3, -0.25) is 0 Å². The van der Waals surface area contributed by atoms with E-state index in [2.05, 4.69) is 17.2 Å². The summed E-state index contributed by atoms with van der Waals surface area (Å²) in [6.07, 6.45) is 3.59. The second kappa shape index (κ2) is 6.19. The van der Waals surface area contributed by atoms with Gasteiger partial charge in [0.05, 0.1) is 5.69 Å². The third kappa shape index (κ3) is 3.88. The summed E-state index contributed by atoms with van der Waals surface area (Å²) >= 11 is 11.8. The van der Waals surface area contributed by atoms with Crippen LogP contribution in [0, 0.1) is 6.92 Å². The van der Waals surface area contributed by atoms with Gasteiger partial charge in [-0.2, -0.15) is 0 Å². The van der Waals surface area contributed by atoms with Crippen molar-refractivity contribution in [2.45, 2.75) is 33.1 Å². The Bertz CT molecular complexity index is 303. The third-order valence-electron chi connectivity index (χ3n) is 2.22. The molecule has 0 fully saturated rings. The van der Waals surface area contributed by atoms with Crippen LogP contribution in [0.25, 0.3) is 0 Å². The molecule has 0 saturated carbocycles. The Balaban J connectivity index is 2.60. The molecule has 2 nitrogen and oxygen atoms in total. The normalized spacial score (nSPS) is 10.4. The molecule has 1 rings (SSSR count). The molecule has 0 saturated heterocycles. The van der Waals surface area contributed by atoms with Gasteiger partial charge in [-0.15, -0.1) is 0 Å². The Labute approximate surface area is 101 Å². The first-order valence-corrected chi connectivity index (χ1v) is 5.97. The van der Waals surface area contributed by atoms with Crippen LogP contribution >= 0.6 is 23.2 Å². The fourth-order valence-corrected chi connectivity index (χ4v) is 1.99. The number of pyridine rings is 1. The van der Waals surface area contributed by atoms with Gasteiger partial charge in [0.25, 0.3) is 0 Å². The zero-order valence-electron chi connectivity index (χ0n) is 9.11. The number of rotatable bonds is 5. The highest BCUT2D eigenvalue weighted by molar-refractivity contribution is 6.34. The summed E-state index contributed by atoms with van der Waals surface area (Å²) in [6.45, 7) is 5.08. The van der Waals surface area contributed by atoms with Crippen molar-refractivity contribution < 1.29 is 0 Å². The van der Waals surface area contributed by atoms with E-state index in [1.807, 2.05) is 13.0 Å². The number of anilines is 1. The molecule has 0 aliphatic heterocycles. The number of unbranched alkanes of at least 4 members (excludes halogenated alkanes) is 2. The largest absolute Gasteiger partial charge is 0.382 e. The summed E-state index contributed by atoms with van der Waals surface area (Å²) < 4.78 is 0. The zero-order valence-corrected chi connectivity index (χ0v) is 10.6. The molecule has 0 amide bonds. The number of aromatic nitrogens is 1. The van der Waals surface area contributed by atoms with E-state index in [0.717, 1.165) is 24.2 Å². The molecule has 84 valence electrons. The highest BCUT2D eigenvalue weighted by atomic mass is 35.5. The van der Waals surface area contributed by atoms with E-state index < -0.39 is 0 Å². The van der Waals surface area contributed by atoms with E-state index in [-0.39, 0.29) is 0 Å². The van der Waals surface area contributed by atoms with Gasteiger partial charge >= 0.3 is 0 Å². The Morgan fingerprint density at radius 1 is 1.33 bits per heavy atom. The molecule has 15 heavy (non-hydrogen) atoms. The average Bonchev–Trinajstić information content (AvgIpc) is 2.15. The summed E-state index contributed by atoms with van der Waals surface area (Å²) in [6, 6.07) is 1.82. The Kier molecular flexibility index (Phi) is 5.20. The monoisotopic (exact) mass is 246 g/mol. The second-order valence-electron chi connectivity index (χ2n) is 3.56. The van der Waals surface area contributed by atoms with Crippen molar-refractivity contribution in [2.75, 3.05) is 11.9 Å². The highest BCUT2D eigenvalue weighted by Gasteiger charge is 2.06. The average molecular weight is 247 g/mol. The fourth-order valence-electron chi connectivity index (χ4n) is 1.40. The van der Waals surface area contributed by atoms with Gasteiger partial charge < -0.3 is 5.32 Å². The smallest absolute Gasteiger partial charge is 0.154 e. The highest BCUT2D eigenvalue weighted by Crippen LogP contribution is 2.26. The zero-order chi connectivity index (χ0) is 11.3. The Hall–Kier alpha value is -0.470. The van der Waals surface area contributed by atoms with Crippen LogP contribution in [0.5, 0.6) is 0 Å². The van der Waals surface area contributed by atoms with Gasteiger partial charge in [0.2, 0.25) is 0 Å². The van der Waals surface area contributed by atoms with E-state index >= 15 is 0 Å². The summed E-state index contributed by atoms with van der Waals surface area (Å²) in [7, 11) is 0. The number of halogens is 2. The molecular weight excluding hydrogens is 231 g/mol. The maximum atomic E-state index is 5.99. The van der Waals surface area contributed by atoms with Crippen molar-refractivity contribution in [1.82, 2.24) is 4.98 Å². The first-order valence-electron chi connectivity index (χ1n) is 5.21. The molecule has 0 aromatic carbocycles. The van der Waals surface area contributed by atoms with Gasteiger partial charge in [-0.25, -0.2) is 4.98 Å². The lowest BCUT2D eigenvalue weighted by Crippen LogP contribution is -2.04. The van der Waals surface area contributed by atoms with E-state index in [1.54, 1.807) is 0 Å². The van der Waals surface area contributed by atoms with Gasteiger partial charge in [0, 0.05) is 6.54 Å². The lowest BCUT2D eigenvalue weighted by molar-refractivity contribution is 0.743. The van der Waals surface area contributed by atoms with Crippen LogP contribution in [0.15, 0.2) is 6.07 Å². The third-order valence-corrected chi connectivity index (χ3v) is 2.69. The molecule has 0 bridgehead atoms. The summed E-state index contributed by atoms with van der Waals surface area (Å²) in [5.41, 5.74) is 1.94. The minimum Gasteiger partial charge on any atom is -0.382 e. The number of nitrogens with one attached hydrogen (secondary N) is 1. The SMILES string of the molecule is CCCCCNc1c(C)cc(Cl)nc1Cl. The molecule has 0 atom stereocenters. The molecule has 0 aliphatic carbocycles. The maximum Gasteiger partial charge on any atom is 0.154 e. The predicted octanol–water partition coefficient (Wildman–Crippen LogP) is 4.30. The second-order valence-corrected chi connectivity index (χ2v) is 4.31. The molecule has 4 heteroatoms. The molecule has 0 unspecified atom stereocenters. The Morgan fingerprint density at radius 3 is 2.67 bits per heavy atom. The molecule has 0 radical (unpaired) electrons. The van der Waals surface area contributed by atoms with Crippen LogP contribution in [0.2, 0.25) is 10.3 Å². The Morgan fingerprint density at radius 2 is 2.07 bits per heavy atom. The molecule has 0 aliphatic rings. The van der Waals surface area contributed by atoms with Crippen molar-refractivity contribution in [1.29, 1.82) is 0 Å². The number of hydrogen-bond donors (Lipinski definition) is 1. The minimum atomic E-state index is 0.441. The van der Waals surface area contributed by atoms with E-state index in [1.165, 1.54) is 12.8 Å². The minimum absolute atomic E-state index is 0.441. The number of nitrogens with zero attached hydrogens (tertiary/aromatic N) is 1. The van der Waals surface area contributed by atoms with E-state index in [4.69, 9.17) is 23.2 Å². The van der Waals surface area contributed by atoms with Gasteiger partial charge in [0.1, 0.15) is 5.15 Å². The standard InChI is InChI=1S/C11H16Cl2N2/c1-3-4-5-6-14-10-8(2)7-9(12)15-11(10)13/h7,14H,3-6H2,1-2H3. The van der Waals surface area contributed by atoms with Crippen LogP contribution in [0.3, 0.4) is 0 Å². The lowest BCUT2D eigenvalue weighted by atomic mass is 10.2. The van der Waals surface area contributed by atoms with Crippen LogP contribution < -0.4 is 5.32 Å². The van der Waals surface area contributed by atoms with Crippen molar-refractivity contribution >= 4 is 28.9 Å². The van der Waals surface area contributed by atoms with E-state index in [9.17, 15) is 0 Å². The molecule has 1 N–H and O–H groups in total. The lowest BCUT2D eigenvalue weighted by Gasteiger charge is -2.10. The van der Waals surface area contributed by atoms with Crippen LogP contribution in [0.1, 0.15) is 31.7 Å². The maximum absolute atomic E-state index is 5.99. The number of aryl methyl sites for hydroxylation is 1. The van der Waals surface area contributed by atoms with Crippen LogP contribution in [-0.4, -0.2) is 11.5 Å². The summed E-state index contributed by atoms with van der Waals surface area (Å²) in [5.74, 6) is 0. The van der Waals surface area contributed by atoms with Gasteiger partial charge in [-0.05, 0) is 25.0 Å². The first-order chi connectivity index (χ1) is 7.15. The molecule has 1 aromatic rings. The summed E-state index contributed by atoms with van der Waals surface area (Å²) in [5, 5.41) is 4.19. The van der Waals surface area contributed by atoms with Crippen molar-refractivity contribution in [3.63, 3.8) is 0 Å². The molecule has 0 spiro atoms. The van der Waals surface area contributed by atoms with Crippen LogP contribution in [0.4, 0.5) is 5.69 Å². The fraction of sp³-hybridized carbons (Fsp3) is 0.545. The van der Waals surface area contributed by atoms with Gasteiger partial charge in [0.15, 0.2) is 5.15 Å². The van der Waals surface area contributed by atoms with Crippen molar-refractivity contribution in [3.8, 4) is 0 Å². The number of hydrogen-bond acceptors (Lipinski definition) is 2. The van der Waals surface area contributed by atoms with Crippen molar-refractivity contribution in [2.24, 2.45) is 0 Å². The molecule has 1 aromatic heterocycles. The molecule has 1 heterocycles. The quantitative estimate of drug-likeness (QED) is 0.619. The topological polar surface area (TPSA) is 24.9 Å². The predicted molar refractivity (Wildman–Crippen MR) is 67.0 cm³/mol.